The second-order valence-electron chi connectivity index (χ2n) is 10.8. The summed E-state index contributed by atoms with van der Waals surface area (Å²) in [5.74, 6) is -2.80. The summed E-state index contributed by atoms with van der Waals surface area (Å²) in [7, 11) is 0. The number of aliphatic hydroxyl groups excluding tert-OH is 1. The summed E-state index contributed by atoms with van der Waals surface area (Å²) in [5, 5.41) is 13.5. The van der Waals surface area contributed by atoms with Crippen LogP contribution >= 0.6 is 0 Å². The molecule has 214 valence electrons. The Kier molecular flexibility index (Phi) is 8.14. The van der Waals surface area contributed by atoms with Crippen LogP contribution in [-0.4, -0.2) is 77.9 Å². The van der Waals surface area contributed by atoms with Crippen LogP contribution in [0.3, 0.4) is 0 Å². The van der Waals surface area contributed by atoms with Crippen LogP contribution in [0.5, 0.6) is 0 Å². The first-order valence-electron chi connectivity index (χ1n) is 14.4. The first-order chi connectivity index (χ1) is 19.4. The lowest BCUT2D eigenvalue weighted by atomic mass is 9.70. The molecule has 5 rings (SSSR count). The molecule has 0 aliphatic carbocycles. The van der Waals surface area contributed by atoms with Crippen LogP contribution in [0.2, 0.25) is 0 Å². The van der Waals surface area contributed by atoms with Gasteiger partial charge in [0.1, 0.15) is 11.6 Å². The van der Waals surface area contributed by atoms with Crippen LogP contribution in [0.25, 0.3) is 0 Å². The van der Waals surface area contributed by atoms with Gasteiger partial charge in [-0.2, -0.15) is 0 Å². The molecule has 1 spiro atoms. The van der Waals surface area contributed by atoms with Gasteiger partial charge >= 0.3 is 5.97 Å². The number of rotatable bonds is 11. The Morgan fingerprint density at radius 3 is 2.45 bits per heavy atom. The lowest BCUT2D eigenvalue weighted by Crippen LogP contribution is -2.56. The van der Waals surface area contributed by atoms with Crippen molar-refractivity contribution in [2.45, 2.75) is 63.8 Å². The summed E-state index contributed by atoms with van der Waals surface area (Å²) < 4.78 is 11.8. The maximum atomic E-state index is 14.2. The Bertz CT molecular complexity index is 1220. The largest absolute Gasteiger partial charge is 0.466 e. The molecule has 0 aromatic heterocycles. The van der Waals surface area contributed by atoms with Gasteiger partial charge in [-0.1, -0.05) is 30.3 Å². The average molecular weight is 550 g/mol. The fraction of sp³-hybridized carbons (Fsp3) is 0.516. The molecule has 0 radical (unpaired) electrons. The molecular formula is C31H39N3O6. The average Bonchev–Trinajstić information content (AvgIpc) is 3.61. The van der Waals surface area contributed by atoms with E-state index in [9.17, 15) is 19.5 Å². The van der Waals surface area contributed by atoms with E-state index in [1.165, 1.54) is 4.90 Å². The van der Waals surface area contributed by atoms with E-state index in [1.807, 2.05) is 54.6 Å². The molecule has 40 heavy (non-hydrogen) atoms. The van der Waals surface area contributed by atoms with E-state index in [4.69, 9.17) is 9.47 Å². The van der Waals surface area contributed by atoms with Crippen molar-refractivity contribution in [3.63, 3.8) is 0 Å². The van der Waals surface area contributed by atoms with Gasteiger partial charge in [-0.25, -0.2) is 0 Å². The first kappa shape index (κ1) is 28.1. The molecule has 9 heteroatoms. The number of aliphatic hydroxyl groups is 1. The summed E-state index contributed by atoms with van der Waals surface area (Å²) >= 11 is 0. The highest BCUT2D eigenvalue weighted by molar-refractivity contribution is 6.03. The van der Waals surface area contributed by atoms with Crippen molar-refractivity contribution >= 4 is 29.2 Å². The van der Waals surface area contributed by atoms with Crippen LogP contribution < -0.4 is 10.2 Å². The van der Waals surface area contributed by atoms with E-state index in [0.29, 0.717) is 24.9 Å². The highest BCUT2D eigenvalue weighted by atomic mass is 16.6. The topological polar surface area (TPSA) is 108 Å². The van der Waals surface area contributed by atoms with E-state index in [2.05, 4.69) is 24.1 Å². The SMILES string of the molecule is CCOC(=O)[C@@H]1[C@H]2C(=O)N([C@@H](CO)Cc3ccccc3)C(C(=O)Nc3ccc(N(CC)CC)cc3)C23CC[C@H]1O3. The van der Waals surface area contributed by atoms with Gasteiger partial charge in [0.05, 0.1) is 37.2 Å². The van der Waals surface area contributed by atoms with Gasteiger partial charge < -0.3 is 29.7 Å². The number of esters is 1. The van der Waals surface area contributed by atoms with Crippen molar-refractivity contribution < 1.29 is 29.0 Å². The minimum atomic E-state index is -1.16. The third-order valence-corrected chi connectivity index (χ3v) is 8.73. The predicted molar refractivity (Wildman–Crippen MR) is 151 cm³/mol. The lowest BCUT2D eigenvalue weighted by molar-refractivity contribution is -0.155. The normalized spacial score (nSPS) is 27.4. The summed E-state index contributed by atoms with van der Waals surface area (Å²) in [4.78, 5) is 45.0. The van der Waals surface area contributed by atoms with Crippen LogP contribution in [0.15, 0.2) is 54.6 Å². The number of amides is 2. The molecular weight excluding hydrogens is 510 g/mol. The maximum absolute atomic E-state index is 14.2. The van der Waals surface area contributed by atoms with Gasteiger partial charge in [0.2, 0.25) is 11.8 Å². The number of fused-ring (bicyclic) bond motifs is 1. The van der Waals surface area contributed by atoms with E-state index >= 15 is 0 Å². The number of carbonyl (C=O) groups excluding carboxylic acids is 3. The zero-order valence-electron chi connectivity index (χ0n) is 23.4. The molecule has 9 nitrogen and oxygen atoms in total. The van der Waals surface area contributed by atoms with Crippen molar-refractivity contribution in [3.8, 4) is 0 Å². The van der Waals surface area contributed by atoms with E-state index < -0.39 is 41.6 Å². The van der Waals surface area contributed by atoms with Gasteiger partial charge in [-0.15, -0.1) is 0 Å². The predicted octanol–water partition coefficient (Wildman–Crippen LogP) is 3.01. The molecule has 2 aromatic rings. The summed E-state index contributed by atoms with van der Waals surface area (Å²) in [6.45, 7) is 7.51. The maximum Gasteiger partial charge on any atom is 0.312 e. The quantitative estimate of drug-likeness (QED) is 0.415. The fourth-order valence-corrected chi connectivity index (χ4v) is 6.98. The number of hydrogen-bond donors (Lipinski definition) is 2. The molecule has 2 N–H and O–H groups in total. The van der Waals surface area contributed by atoms with Crippen molar-refractivity contribution in [3.05, 3.63) is 60.2 Å². The van der Waals surface area contributed by atoms with Gasteiger partial charge in [0.25, 0.3) is 0 Å². The molecule has 2 bridgehead atoms. The highest BCUT2D eigenvalue weighted by Crippen LogP contribution is 2.59. The molecule has 0 saturated carbocycles. The second-order valence-corrected chi connectivity index (χ2v) is 10.8. The zero-order valence-corrected chi connectivity index (χ0v) is 23.4. The summed E-state index contributed by atoms with van der Waals surface area (Å²) in [5.41, 5.74) is 1.43. The fourth-order valence-electron chi connectivity index (χ4n) is 6.98. The summed E-state index contributed by atoms with van der Waals surface area (Å²) in [6, 6.07) is 15.5. The standard InChI is InChI=1S/C31H39N3O6/c1-4-33(5-2)22-14-12-21(13-15-22)32-28(36)27-31-17-16-24(40-31)25(30(38)39-6-3)26(31)29(37)34(27)23(19-35)18-20-10-8-7-9-11-20/h7-15,23-27,35H,4-6,16-19H2,1-3H3,(H,32,36)/t23-,24-,25+,26+,27?,31?/m1/s1. The molecule has 3 heterocycles. The molecule has 2 aromatic carbocycles. The van der Waals surface area contributed by atoms with Crippen LogP contribution in [0.4, 0.5) is 11.4 Å². The molecule has 2 amide bonds. The molecule has 3 fully saturated rings. The summed E-state index contributed by atoms with van der Waals surface area (Å²) in [6.07, 6.45) is 0.928. The third-order valence-electron chi connectivity index (χ3n) is 8.73. The Hall–Kier alpha value is -3.43. The number of nitrogens with one attached hydrogen (secondary N) is 1. The number of likely N-dealkylation sites (tertiary alicyclic amines) is 1. The number of nitrogens with zero attached hydrogens (tertiary/aromatic N) is 2. The molecule has 3 saturated heterocycles. The number of ether oxygens (including phenoxy) is 2. The lowest BCUT2D eigenvalue weighted by Gasteiger charge is -2.36. The number of hydrogen-bond acceptors (Lipinski definition) is 7. The molecule has 2 unspecified atom stereocenters. The molecule has 3 aliphatic rings. The Morgan fingerprint density at radius 2 is 1.82 bits per heavy atom. The van der Waals surface area contributed by atoms with Crippen molar-refractivity contribution in [2.75, 3.05) is 36.5 Å². The Balaban J connectivity index is 1.49. The Morgan fingerprint density at radius 1 is 1.12 bits per heavy atom. The van der Waals surface area contributed by atoms with Gasteiger partial charge in [-0.05, 0) is 69.9 Å². The zero-order chi connectivity index (χ0) is 28.4. The smallest absolute Gasteiger partial charge is 0.312 e. The number of benzene rings is 2. The minimum Gasteiger partial charge on any atom is -0.466 e. The van der Waals surface area contributed by atoms with Gasteiger partial charge in [0.15, 0.2) is 0 Å². The van der Waals surface area contributed by atoms with Crippen molar-refractivity contribution in [1.82, 2.24) is 4.90 Å². The van der Waals surface area contributed by atoms with E-state index in [-0.39, 0.29) is 25.0 Å². The Labute approximate surface area is 235 Å². The minimum absolute atomic E-state index is 0.195. The number of anilines is 2. The number of carbonyl (C=O) groups is 3. The van der Waals surface area contributed by atoms with Crippen molar-refractivity contribution in [1.29, 1.82) is 0 Å². The van der Waals surface area contributed by atoms with Crippen LogP contribution in [-0.2, 0) is 30.3 Å². The van der Waals surface area contributed by atoms with Crippen LogP contribution in [0.1, 0.15) is 39.2 Å². The third kappa shape index (κ3) is 4.75. The van der Waals surface area contributed by atoms with E-state index in [0.717, 1.165) is 24.3 Å². The second kappa shape index (κ2) is 11.6. The van der Waals surface area contributed by atoms with Gasteiger partial charge in [-0.3, -0.25) is 14.4 Å². The first-order valence-corrected chi connectivity index (χ1v) is 14.4. The molecule has 3 aliphatic heterocycles. The molecule has 6 atom stereocenters. The van der Waals surface area contributed by atoms with E-state index in [1.54, 1.807) is 6.92 Å². The highest BCUT2D eigenvalue weighted by Gasteiger charge is 2.75. The van der Waals surface area contributed by atoms with Crippen molar-refractivity contribution in [2.24, 2.45) is 11.8 Å². The van der Waals surface area contributed by atoms with Gasteiger partial charge in [0, 0.05) is 24.5 Å². The monoisotopic (exact) mass is 549 g/mol. The van der Waals surface area contributed by atoms with Crippen LogP contribution in [0, 0.1) is 11.8 Å².